The molecule has 1 saturated carbocycles. The maximum atomic E-state index is 11.6. The third-order valence-electron chi connectivity index (χ3n) is 3.64. The molecule has 0 amide bonds. The Balaban J connectivity index is 2.00. The van der Waals surface area contributed by atoms with Crippen LogP contribution in [0.2, 0.25) is 0 Å². The van der Waals surface area contributed by atoms with Gasteiger partial charge in [-0.25, -0.2) is 4.98 Å². The summed E-state index contributed by atoms with van der Waals surface area (Å²) in [6.45, 7) is 2.81. The molecule has 1 aliphatic rings. The molecule has 1 aromatic heterocycles. The molecule has 6 heteroatoms. The van der Waals surface area contributed by atoms with E-state index in [-0.39, 0.29) is 0 Å². The zero-order valence-electron chi connectivity index (χ0n) is 11.4. The van der Waals surface area contributed by atoms with E-state index >= 15 is 0 Å². The van der Waals surface area contributed by atoms with Crippen LogP contribution in [0.1, 0.15) is 32.6 Å². The third kappa shape index (κ3) is 3.12. The maximum Gasteiger partial charge on any atom is 0.323 e. The van der Waals surface area contributed by atoms with Crippen molar-refractivity contribution in [3.8, 4) is 0 Å². The number of aromatic nitrogens is 2. The lowest BCUT2D eigenvalue weighted by atomic mass is 9.98. The summed E-state index contributed by atoms with van der Waals surface area (Å²) < 4.78 is 1.98. The Bertz CT molecular complexity index is 449. The number of hydrogen-bond donors (Lipinski definition) is 2. The molecule has 1 fully saturated rings. The Hall–Kier alpha value is -1.01. The maximum absolute atomic E-state index is 11.6. The molecule has 0 bridgehead atoms. The van der Waals surface area contributed by atoms with Gasteiger partial charge in [-0.1, -0.05) is 18.7 Å². The highest BCUT2D eigenvalue weighted by atomic mass is 32.2. The molecule has 2 unspecified atom stereocenters. The summed E-state index contributed by atoms with van der Waals surface area (Å²) in [5.74, 6) is -0.719. The monoisotopic (exact) mass is 283 g/mol. The molecule has 1 heterocycles. The highest BCUT2D eigenvalue weighted by Crippen LogP contribution is 2.39. The van der Waals surface area contributed by atoms with Crippen LogP contribution in [0.15, 0.2) is 17.6 Å². The van der Waals surface area contributed by atoms with E-state index in [9.17, 15) is 9.90 Å². The molecule has 0 radical (unpaired) electrons. The van der Waals surface area contributed by atoms with Gasteiger partial charge in [0.1, 0.15) is 5.54 Å². The van der Waals surface area contributed by atoms with Gasteiger partial charge in [-0.2, -0.15) is 0 Å². The van der Waals surface area contributed by atoms with Crippen LogP contribution >= 0.6 is 11.8 Å². The molecule has 1 aliphatic carbocycles. The van der Waals surface area contributed by atoms with Gasteiger partial charge in [-0.3, -0.25) is 4.79 Å². The summed E-state index contributed by atoms with van der Waals surface area (Å²) >= 11 is 1.69. The number of imidazole rings is 1. The first-order valence-electron chi connectivity index (χ1n) is 6.70. The number of carbonyl (C=O) groups is 1. The lowest BCUT2D eigenvalue weighted by Gasteiger charge is -2.25. The molecule has 5 nitrogen and oxygen atoms in total. The minimum absolute atomic E-state index is 0.321. The summed E-state index contributed by atoms with van der Waals surface area (Å²) in [6, 6.07) is 0. The first-order valence-corrected chi connectivity index (χ1v) is 7.58. The molecule has 106 valence electrons. The van der Waals surface area contributed by atoms with Crippen molar-refractivity contribution in [1.82, 2.24) is 14.9 Å². The predicted molar refractivity (Wildman–Crippen MR) is 75.4 cm³/mol. The minimum Gasteiger partial charge on any atom is -0.480 e. The average molecular weight is 283 g/mol. The van der Waals surface area contributed by atoms with Gasteiger partial charge in [0, 0.05) is 24.7 Å². The normalized spacial score (nSPS) is 26.7. The van der Waals surface area contributed by atoms with Crippen LogP contribution in [0.5, 0.6) is 0 Å². The Morgan fingerprint density at radius 3 is 3.11 bits per heavy atom. The number of carboxylic acids is 1. The number of thioether (sulfide) groups is 1. The van der Waals surface area contributed by atoms with Crippen LogP contribution in [0.25, 0.3) is 0 Å². The molecule has 2 rings (SSSR count). The van der Waals surface area contributed by atoms with Crippen LogP contribution in [-0.4, -0.2) is 38.0 Å². The standard InChI is InChI=1S/C13H21N3O2S/c1-3-6-15-13(11(17)18)5-4-10(9-13)19-12-14-7-8-16(12)2/h7-8,10,15H,3-6,9H2,1-2H3,(H,17,18). The fraction of sp³-hybridized carbons (Fsp3) is 0.692. The molecule has 0 aromatic carbocycles. The number of nitrogens with one attached hydrogen (secondary N) is 1. The smallest absolute Gasteiger partial charge is 0.323 e. The van der Waals surface area contributed by atoms with E-state index in [2.05, 4.69) is 17.2 Å². The predicted octanol–water partition coefficient (Wildman–Crippen LogP) is 1.89. The van der Waals surface area contributed by atoms with Crippen LogP contribution in [-0.2, 0) is 11.8 Å². The Labute approximate surface area is 117 Å². The lowest BCUT2D eigenvalue weighted by Crippen LogP contribution is -2.50. The summed E-state index contributed by atoms with van der Waals surface area (Å²) in [4.78, 5) is 15.8. The first kappa shape index (κ1) is 14.4. The van der Waals surface area contributed by atoms with E-state index in [1.807, 2.05) is 17.8 Å². The Morgan fingerprint density at radius 1 is 1.74 bits per heavy atom. The second-order valence-electron chi connectivity index (χ2n) is 5.12. The summed E-state index contributed by atoms with van der Waals surface area (Å²) in [6.07, 6.45) is 6.92. The van der Waals surface area contributed by atoms with Crippen LogP contribution in [0.3, 0.4) is 0 Å². The molecular formula is C13H21N3O2S. The van der Waals surface area contributed by atoms with Gasteiger partial charge >= 0.3 is 5.97 Å². The van der Waals surface area contributed by atoms with Gasteiger partial charge in [-0.05, 0) is 32.2 Å². The van der Waals surface area contributed by atoms with Gasteiger partial charge in [0.2, 0.25) is 0 Å². The van der Waals surface area contributed by atoms with E-state index < -0.39 is 11.5 Å². The quantitative estimate of drug-likeness (QED) is 0.834. The minimum atomic E-state index is -0.737. The van der Waals surface area contributed by atoms with E-state index in [0.29, 0.717) is 18.1 Å². The van der Waals surface area contributed by atoms with Crippen LogP contribution in [0.4, 0.5) is 0 Å². The molecule has 2 atom stereocenters. The van der Waals surface area contributed by atoms with Gasteiger partial charge in [-0.15, -0.1) is 0 Å². The van der Waals surface area contributed by atoms with Crippen molar-refractivity contribution in [3.63, 3.8) is 0 Å². The van der Waals surface area contributed by atoms with E-state index in [1.165, 1.54) is 0 Å². The molecule has 2 N–H and O–H groups in total. The van der Waals surface area contributed by atoms with Crippen molar-refractivity contribution in [2.45, 2.75) is 48.6 Å². The van der Waals surface area contributed by atoms with Crippen molar-refractivity contribution in [2.75, 3.05) is 6.54 Å². The topological polar surface area (TPSA) is 67.2 Å². The number of hydrogen-bond acceptors (Lipinski definition) is 4. The van der Waals surface area contributed by atoms with Crippen molar-refractivity contribution in [3.05, 3.63) is 12.4 Å². The molecule has 1 aromatic rings. The van der Waals surface area contributed by atoms with Gasteiger partial charge < -0.3 is 15.0 Å². The Morgan fingerprint density at radius 2 is 2.53 bits per heavy atom. The average Bonchev–Trinajstić information content (AvgIpc) is 2.96. The van der Waals surface area contributed by atoms with Crippen molar-refractivity contribution < 1.29 is 9.90 Å². The third-order valence-corrected chi connectivity index (χ3v) is 4.98. The van der Waals surface area contributed by atoms with Gasteiger partial charge in [0.15, 0.2) is 5.16 Å². The molecule has 19 heavy (non-hydrogen) atoms. The molecular weight excluding hydrogens is 262 g/mol. The van der Waals surface area contributed by atoms with Gasteiger partial charge in [0.05, 0.1) is 0 Å². The number of aryl methyl sites for hydroxylation is 1. The largest absolute Gasteiger partial charge is 0.480 e. The summed E-state index contributed by atoms with van der Waals surface area (Å²) in [7, 11) is 1.96. The van der Waals surface area contributed by atoms with E-state index in [4.69, 9.17) is 0 Å². The zero-order valence-corrected chi connectivity index (χ0v) is 12.2. The fourth-order valence-corrected chi connectivity index (χ4v) is 3.76. The summed E-state index contributed by atoms with van der Waals surface area (Å²) in [5, 5.41) is 14.0. The van der Waals surface area contributed by atoms with E-state index in [1.54, 1.807) is 18.0 Å². The number of nitrogens with zero attached hydrogens (tertiary/aromatic N) is 2. The zero-order chi connectivity index (χ0) is 13.9. The van der Waals surface area contributed by atoms with Crippen LogP contribution < -0.4 is 5.32 Å². The SMILES string of the molecule is CCCNC1(C(=O)O)CCC(Sc2nccn2C)C1. The number of rotatable bonds is 6. The van der Waals surface area contributed by atoms with Crippen molar-refractivity contribution in [2.24, 2.45) is 7.05 Å². The second kappa shape index (κ2) is 5.96. The fourth-order valence-electron chi connectivity index (χ4n) is 2.51. The molecule has 0 spiro atoms. The van der Waals surface area contributed by atoms with E-state index in [0.717, 1.165) is 24.5 Å². The van der Waals surface area contributed by atoms with Crippen LogP contribution in [0, 0.1) is 0 Å². The van der Waals surface area contributed by atoms with Crippen molar-refractivity contribution >= 4 is 17.7 Å². The Kier molecular flexibility index (Phi) is 4.52. The highest BCUT2D eigenvalue weighted by molar-refractivity contribution is 7.99. The molecule has 0 aliphatic heterocycles. The van der Waals surface area contributed by atoms with Crippen molar-refractivity contribution in [1.29, 1.82) is 0 Å². The lowest BCUT2D eigenvalue weighted by molar-refractivity contribution is -0.144. The molecule has 0 saturated heterocycles. The number of carboxylic acid groups (broad SMARTS) is 1. The second-order valence-corrected chi connectivity index (χ2v) is 6.38. The first-order chi connectivity index (χ1) is 9.07. The van der Waals surface area contributed by atoms with Gasteiger partial charge in [0.25, 0.3) is 0 Å². The highest BCUT2D eigenvalue weighted by Gasteiger charge is 2.45. The number of aliphatic carboxylic acids is 1. The summed E-state index contributed by atoms with van der Waals surface area (Å²) in [5.41, 5.74) is -0.737.